The van der Waals surface area contributed by atoms with Gasteiger partial charge in [0, 0.05) is 17.6 Å². The van der Waals surface area contributed by atoms with Crippen molar-refractivity contribution in [2.75, 3.05) is 24.6 Å². The van der Waals surface area contributed by atoms with Crippen LogP contribution in [-0.4, -0.2) is 19.7 Å². The average molecular weight is 284 g/mol. The third kappa shape index (κ3) is 2.70. The van der Waals surface area contributed by atoms with Gasteiger partial charge in [-0.15, -0.1) is 0 Å². The van der Waals surface area contributed by atoms with Crippen LogP contribution < -0.4 is 9.64 Å². The first-order valence-electron chi connectivity index (χ1n) is 5.98. The van der Waals surface area contributed by atoms with Gasteiger partial charge in [0.2, 0.25) is 0 Å². The molecule has 0 aliphatic carbocycles. The minimum atomic E-state index is 0.725. The topological polar surface area (TPSA) is 12.5 Å². The fourth-order valence-corrected chi connectivity index (χ4v) is 2.50. The molecule has 1 heterocycles. The highest BCUT2D eigenvalue weighted by atomic mass is 79.9. The van der Waals surface area contributed by atoms with Gasteiger partial charge in [0.1, 0.15) is 5.75 Å². The molecule has 1 aliphatic heterocycles. The maximum Gasteiger partial charge on any atom is 0.142 e. The molecule has 3 heteroatoms. The van der Waals surface area contributed by atoms with Crippen LogP contribution in [0.2, 0.25) is 0 Å². The second kappa shape index (κ2) is 5.58. The number of piperidine rings is 1. The summed E-state index contributed by atoms with van der Waals surface area (Å²) in [6.07, 6.45) is 3.94. The highest BCUT2D eigenvalue weighted by Gasteiger charge is 2.15. The zero-order valence-electron chi connectivity index (χ0n) is 9.71. The zero-order chi connectivity index (χ0) is 11.4. The Morgan fingerprint density at radius 1 is 1.25 bits per heavy atom. The summed E-state index contributed by atoms with van der Waals surface area (Å²) < 4.78 is 6.80. The first-order valence-corrected chi connectivity index (χ1v) is 6.78. The smallest absolute Gasteiger partial charge is 0.142 e. The van der Waals surface area contributed by atoms with E-state index in [-0.39, 0.29) is 0 Å². The molecule has 2 rings (SSSR count). The maximum absolute atomic E-state index is 5.68. The number of rotatable bonds is 3. The van der Waals surface area contributed by atoms with Gasteiger partial charge in [-0.05, 0) is 44.4 Å². The Hall–Kier alpha value is -0.700. The standard InChI is InChI=1S/C13H18BrNO/c1-2-16-13-7-6-11(14)10-12(13)15-8-4-3-5-9-15/h6-7,10H,2-5,8-9H2,1H3. The van der Waals surface area contributed by atoms with Crippen molar-refractivity contribution in [2.45, 2.75) is 26.2 Å². The largest absolute Gasteiger partial charge is 0.492 e. The van der Waals surface area contributed by atoms with Gasteiger partial charge in [0.25, 0.3) is 0 Å². The molecule has 1 saturated heterocycles. The van der Waals surface area contributed by atoms with E-state index in [2.05, 4.69) is 33.0 Å². The van der Waals surface area contributed by atoms with E-state index in [4.69, 9.17) is 4.74 Å². The van der Waals surface area contributed by atoms with E-state index in [0.29, 0.717) is 0 Å². The fraction of sp³-hybridized carbons (Fsp3) is 0.538. The Bertz CT molecular complexity index is 348. The lowest BCUT2D eigenvalue weighted by molar-refractivity contribution is 0.339. The number of benzene rings is 1. The monoisotopic (exact) mass is 283 g/mol. The molecule has 0 radical (unpaired) electrons. The van der Waals surface area contributed by atoms with E-state index in [9.17, 15) is 0 Å². The zero-order valence-corrected chi connectivity index (χ0v) is 11.3. The van der Waals surface area contributed by atoms with Crippen molar-refractivity contribution in [1.82, 2.24) is 0 Å². The summed E-state index contributed by atoms with van der Waals surface area (Å²) in [6.45, 7) is 5.05. The van der Waals surface area contributed by atoms with Crippen molar-refractivity contribution >= 4 is 21.6 Å². The average Bonchev–Trinajstić information content (AvgIpc) is 2.33. The summed E-state index contributed by atoms with van der Waals surface area (Å²) in [6, 6.07) is 6.26. The number of hydrogen-bond acceptors (Lipinski definition) is 2. The van der Waals surface area contributed by atoms with Gasteiger partial charge in [-0.2, -0.15) is 0 Å². The van der Waals surface area contributed by atoms with Gasteiger partial charge in [0.05, 0.1) is 12.3 Å². The highest BCUT2D eigenvalue weighted by molar-refractivity contribution is 9.10. The highest BCUT2D eigenvalue weighted by Crippen LogP contribution is 2.33. The number of anilines is 1. The Kier molecular flexibility index (Phi) is 4.10. The van der Waals surface area contributed by atoms with Gasteiger partial charge in [0.15, 0.2) is 0 Å². The van der Waals surface area contributed by atoms with Gasteiger partial charge in [-0.3, -0.25) is 0 Å². The summed E-state index contributed by atoms with van der Waals surface area (Å²) in [5.41, 5.74) is 1.23. The molecular formula is C13H18BrNO. The lowest BCUT2D eigenvalue weighted by Gasteiger charge is -2.30. The van der Waals surface area contributed by atoms with Crippen molar-refractivity contribution in [3.8, 4) is 5.75 Å². The van der Waals surface area contributed by atoms with Crippen LogP contribution in [0.3, 0.4) is 0 Å². The van der Waals surface area contributed by atoms with Crippen LogP contribution in [0.1, 0.15) is 26.2 Å². The molecule has 1 fully saturated rings. The van der Waals surface area contributed by atoms with Crippen LogP contribution in [0.4, 0.5) is 5.69 Å². The molecule has 0 atom stereocenters. The van der Waals surface area contributed by atoms with Gasteiger partial charge >= 0.3 is 0 Å². The van der Waals surface area contributed by atoms with Crippen LogP contribution in [-0.2, 0) is 0 Å². The van der Waals surface area contributed by atoms with Crippen LogP contribution in [0.25, 0.3) is 0 Å². The van der Waals surface area contributed by atoms with Crippen molar-refractivity contribution in [3.05, 3.63) is 22.7 Å². The first-order chi connectivity index (χ1) is 7.81. The second-order valence-corrected chi connectivity index (χ2v) is 5.01. The quantitative estimate of drug-likeness (QED) is 0.836. The Morgan fingerprint density at radius 2 is 2.00 bits per heavy atom. The predicted molar refractivity (Wildman–Crippen MR) is 71.4 cm³/mol. The van der Waals surface area contributed by atoms with Gasteiger partial charge in [-0.1, -0.05) is 15.9 Å². The fourth-order valence-electron chi connectivity index (χ4n) is 2.15. The molecule has 16 heavy (non-hydrogen) atoms. The molecule has 0 spiro atoms. The van der Waals surface area contributed by atoms with E-state index < -0.39 is 0 Å². The van der Waals surface area contributed by atoms with E-state index >= 15 is 0 Å². The molecule has 0 aromatic heterocycles. The SMILES string of the molecule is CCOc1ccc(Br)cc1N1CCCCC1. The van der Waals surface area contributed by atoms with Crippen LogP contribution in [0.15, 0.2) is 22.7 Å². The molecule has 0 saturated carbocycles. The van der Waals surface area contributed by atoms with Crippen LogP contribution in [0.5, 0.6) is 5.75 Å². The van der Waals surface area contributed by atoms with Crippen molar-refractivity contribution in [1.29, 1.82) is 0 Å². The van der Waals surface area contributed by atoms with Gasteiger partial charge < -0.3 is 9.64 Å². The normalized spacial score (nSPS) is 16.2. The Balaban J connectivity index is 2.24. The molecule has 0 bridgehead atoms. The van der Waals surface area contributed by atoms with Crippen molar-refractivity contribution in [3.63, 3.8) is 0 Å². The van der Waals surface area contributed by atoms with Crippen molar-refractivity contribution < 1.29 is 4.74 Å². The molecule has 0 amide bonds. The molecule has 1 aliphatic rings. The molecular weight excluding hydrogens is 266 g/mol. The first kappa shape index (κ1) is 11.8. The summed E-state index contributed by atoms with van der Waals surface area (Å²) in [7, 11) is 0. The Labute approximate surface area is 106 Å². The molecule has 1 aromatic rings. The van der Waals surface area contributed by atoms with E-state index in [1.165, 1.54) is 24.9 Å². The minimum Gasteiger partial charge on any atom is -0.492 e. The van der Waals surface area contributed by atoms with Crippen molar-refractivity contribution in [2.24, 2.45) is 0 Å². The lowest BCUT2D eigenvalue weighted by atomic mass is 10.1. The number of hydrogen-bond donors (Lipinski definition) is 0. The Morgan fingerprint density at radius 3 is 2.69 bits per heavy atom. The van der Waals surface area contributed by atoms with Crippen LogP contribution >= 0.6 is 15.9 Å². The van der Waals surface area contributed by atoms with Gasteiger partial charge in [-0.25, -0.2) is 0 Å². The number of ether oxygens (including phenoxy) is 1. The summed E-state index contributed by atoms with van der Waals surface area (Å²) in [5.74, 6) is 1.01. The van der Waals surface area contributed by atoms with E-state index in [1.807, 2.05) is 13.0 Å². The molecule has 0 N–H and O–H groups in total. The maximum atomic E-state index is 5.68. The number of halogens is 1. The molecule has 1 aromatic carbocycles. The van der Waals surface area contributed by atoms with E-state index in [1.54, 1.807) is 0 Å². The summed E-state index contributed by atoms with van der Waals surface area (Å²) in [4.78, 5) is 2.43. The summed E-state index contributed by atoms with van der Waals surface area (Å²) in [5, 5.41) is 0. The summed E-state index contributed by atoms with van der Waals surface area (Å²) >= 11 is 3.53. The molecule has 88 valence electrons. The third-order valence-corrected chi connectivity index (χ3v) is 3.41. The van der Waals surface area contributed by atoms with Crippen LogP contribution in [0, 0.1) is 0 Å². The minimum absolute atomic E-state index is 0.725. The number of nitrogens with zero attached hydrogens (tertiary/aromatic N) is 1. The second-order valence-electron chi connectivity index (χ2n) is 4.09. The molecule has 0 unspecified atom stereocenters. The van der Waals surface area contributed by atoms with E-state index in [0.717, 1.165) is 29.9 Å². The predicted octanol–water partition coefficient (Wildman–Crippen LogP) is 3.84. The lowest BCUT2D eigenvalue weighted by Crippen LogP contribution is -2.29. The third-order valence-electron chi connectivity index (χ3n) is 2.92. The molecule has 2 nitrogen and oxygen atoms in total.